The number of nitrogens with zero attached hydrogens (tertiary/aromatic N) is 1. The average Bonchev–Trinajstić information content (AvgIpc) is 2.71. The molecule has 2 aromatic carbocycles. The molecule has 7 heteroatoms. The first-order chi connectivity index (χ1) is 13.5. The van der Waals surface area contributed by atoms with E-state index in [1.165, 1.54) is 35.3 Å². The Bertz CT molecular complexity index is 964. The zero-order valence-electron chi connectivity index (χ0n) is 15.2. The Hall–Kier alpha value is -2.93. The molecule has 3 aromatic rings. The summed E-state index contributed by atoms with van der Waals surface area (Å²) in [4.78, 5) is 16.5. The Kier molecular flexibility index (Phi) is 6.60. The third kappa shape index (κ3) is 5.29. The van der Waals surface area contributed by atoms with Crippen LogP contribution in [0.25, 0.3) is 0 Å². The molecule has 144 valence electrons. The van der Waals surface area contributed by atoms with Crippen LogP contribution in [0.1, 0.15) is 28.4 Å². The Morgan fingerprint density at radius 2 is 1.75 bits per heavy atom. The monoisotopic (exact) mass is 399 g/mol. The fourth-order valence-electron chi connectivity index (χ4n) is 2.47. The highest BCUT2D eigenvalue weighted by Gasteiger charge is 2.10. The zero-order chi connectivity index (χ0) is 19.9. The molecule has 4 nitrogen and oxygen atoms in total. The molecule has 0 radical (unpaired) electrons. The highest BCUT2D eigenvalue weighted by Crippen LogP contribution is 2.18. The second-order valence-electron chi connectivity index (χ2n) is 6.07. The van der Waals surface area contributed by atoms with Crippen LogP contribution >= 0.6 is 11.9 Å². The van der Waals surface area contributed by atoms with E-state index in [1.54, 1.807) is 12.1 Å². The van der Waals surface area contributed by atoms with Gasteiger partial charge in [0.2, 0.25) is 0 Å². The lowest BCUT2D eigenvalue weighted by atomic mass is 10.1. The molecule has 0 saturated carbocycles. The van der Waals surface area contributed by atoms with Gasteiger partial charge in [-0.15, -0.1) is 0 Å². The molecule has 0 fully saturated rings. The molecule has 2 N–H and O–H groups in total. The highest BCUT2D eigenvalue weighted by atomic mass is 32.2. The van der Waals surface area contributed by atoms with E-state index in [4.69, 9.17) is 0 Å². The summed E-state index contributed by atoms with van der Waals surface area (Å²) in [5.41, 5.74) is 3.01. The molecule has 0 bridgehead atoms. The minimum atomic E-state index is -1.02. The summed E-state index contributed by atoms with van der Waals surface area (Å²) in [5, 5.41) is 2.54. The molecule has 0 aliphatic heterocycles. The van der Waals surface area contributed by atoms with Gasteiger partial charge in [0, 0.05) is 29.3 Å². The lowest BCUT2D eigenvalue weighted by molar-refractivity contribution is 0.102. The number of hydrogen-bond acceptors (Lipinski definition) is 4. The first-order valence-electron chi connectivity index (χ1n) is 8.73. The zero-order valence-corrected chi connectivity index (χ0v) is 16.0. The maximum Gasteiger partial charge on any atom is 0.255 e. The molecule has 3 rings (SSSR count). The number of pyridine rings is 1. The van der Waals surface area contributed by atoms with Crippen molar-refractivity contribution >= 4 is 29.4 Å². The molecule has 0 unspecified atom stereocenters. The number of halogens is 2. The van der Waals surface area contributed by atoms with Crippen LogP contribution in [0.15, 0.2) is 60.8 Å². The third-order valence-electron chi connectivity index (χ3n) is 4.05. The van der Waals surface area contributed by atoms with Gasteiger partial charge in [0.1, 0.15) is 5.82 Å². The van der Waals surface area contributed by atoms with E-state index in [0.29, 0.717) is 11.4 Å². The molecule has 0 spiro atoms. The van der Waals surface area contributed by atoms with Crippen molar-refractivity contribution in [1.82, 2.24) is 4.98 Å². The van der Waals surface area contributed by atoms with Crippen molar-refractivity contribution in [3.05, 3.63) is 89.1 Å². The summed E-state index contributed by atoms with van der Waals surface area (Å²) in [5.74, 6) is -1.13. The van der Waals surface area contributed by atoms with E-state index in [9.17, 15) is 13.6 Å². The Balaban J connectivity index is 1.58. The molecule has 0 atom stereocenters. The predicted octanol–water partition coefficient (Wildman–Crippen LogP) is 5.43. The van der Waals surface area contributed by atoms with E-state index in [2.05, 4.69) is 46.2 Å². The third-order valence-corrected chi connectivity index (χ3v) is 4.88. The Labute approximate surface area is 166 Å². The number of aromatic nitrogens is 1. The van der Waals surface area contributed by atoms with Gasteiger partial charge < -0.3 is 10.0 Å². The topological polar surface area (TPSA) is 54.0 Å². The summed E-state index contributed by atoms with van der Waals surface area (Å²) in [6.45, 7) is 2.12. The quantitative estimate of drug-likeness (QED) is 0.520. The van der Waals surface area contributed by atoms with Crippen LogP contribution in [0.3, 0.4) is 0 Å². The van der Waals surface area contributed by atoms with E-state index in [0.717, 1.165) is 24.3 Å². The molecule has 1 amide bonds. The molecule has 0 saturated heterocycles. The second kappa shape index (κ2) is 9.32. The largest absolute Gasteiger partial charge is 0.322 e. The molecule has 0 aliphatic rings. The fourth-order valence-corrected chi connectivity index (χ4v) is 3.16. The van der Waals surface area contributed by atoms with Crippen molar-refractivity contribution in [3.8, 4) is 0 Å². The summed E-state index contributed by atoms with van der Waals surface area (Å²) >= 11 is 1.47. The smallest absolute Gasteiger partial charge is 0.255 e. The van der Waals surface area contributed by atoms with Gasteiger partial charge in [-0.25, -0.2) is 13.8 Å². The summed E-state index contributed by atoms with van der Waals surface area (Å²) in [6.07, 6.45) is 2.52. The molecule has 1 aromatic heterocycles. The number of amides is 1. The van der Waals surface area contributed by atoms with Crippen LogP contribution < -0.4 is 10.0 Å². The van der Waals surface area contributed by atoms with Gasteiger partial charge in [0.05, 0.1) is 0 Å². The molecule has 28 heavy (non-hydrogen) atoms. The minimum Gasteiger partial charge on any atom is -0.322 e. The van der Waals surface area contributed by atoms with Gasteiger partial charge in [-0.3, -0.25) is 4.79 Å². The van der Waals surface area contributed by atoms with Gasteiger partial charge in [-0.05, 0) is 53.8 Å². The number of aryl methyl sites for hydroxylation is 1. The maximum absolute atomic E-state index is 13.3. The Morgan fingerprint density at radius 3 is 2.46 bits per heavy atom. The normalized spacial score (nSPS) is 10.5. The average molecular weight is 399 g/mol. The van der Waals surface area contributed by atoms with E-state index < -0.39 is 17.5 Å². The van der Waals surface area contributed by atoms with E-state index in [-0.39, 0.29) is 5.69 Å². The van der Waals surface area contributed by atoms with Gasteiger partial charge in [0.25, 0.3) is 5.91 Å². The van der Waals surface area contributed by atoms with Crippen LogP contribution in [0, 0.1) is 11.6 Å². The van der Waals surface area contributed by atoms with Crippen LogP contribution in [0.4, 0.5) is 20.3 Å². The summed E-state index contributed by atoms with van der Waals surface area (Å²) < 4.78 is 29.4. The van der Waals surface area contributed by atoms with E-state index in [1.807, 2.05) is 0 Å². The van der Waals surface area contributed by atoms with Crippen molar-refractivity contribution < 1.29 is 13.6 Å². The summed E-state index contributed by atoms with van der Waals surface area (Å²) in [7, 11) is 0. The van der Waals surface area contributed by atoms with Crippen LogP contribution in [0.2, 0.25) is 0 Å². The lowest BCUT2D eigenvalue weighted by Gasteiger charge is -2.08. The number of anilines is 2. The number of carbonyl (C=O) groups is 1. The molecule has 0 aliphatic carbocycles. The highest BCUT2D eigenvalue weighted by molar-refractivity contribution is 7.99. The maximum atomic E-state index is 13.3. The van der Waals surface area contributed by atoms with Crippen molar-refractivity contribution in [2.75, 3.05) is 10.0 Å². The number of carbonyl (C=O) groups excluding carboxylic acids is 1. The van der Waals surface area contributed by atoms with Gasteiger partial charge >= 0.3 is 0 Å². The number of benzene rings is 2. The standard InChI is InChI=1S/C21H19F2N3OS/c1-2-14-3-5-15(6-4-14)13-28-26-20-11-16(9-10-24-20)21(27)25-17-7-8-18(22)19(23)12-17/h3-12H,2,13H2,1H3,(H,24,26)(H,25,27). The van der Waals surface area contributed by atoms with Crippen molar-refractivity contribution in [2.24, 2.45) is 0 Å². The van der Waals surface area contributed by atoms with E-state index >= 15 is 0 Å². The number of rotatable bonds is 7. The number of hydrogen-bond donors (Lipinski definition) is 2. The summed E-state index contributed by atoms with van der Waals surface area (Å²) in [6, 6.07) is 14.8. The van der Waals surface area contributed by atoms with Gasteiger partial charge in [-0.2, -0.15) is 0 Å². The lowest BCUT2D eigenvalue weighted by Crippen LogP contribution is -2.12. The first kappa shape index (κ1) is 19.8. The van der Waals surface area contributed by atoms with Crippen molar-refractivity contribution in [1.29, 1.82) is 0 Å². The van der Waals surface area contributed by atoms with Crippen LogP contribution in [0.5, 0.6) is 0 Å². The van der Waals surface area contributed by atoms with Gasteiger partial charge in [0.15, 0.2) is 11.6 Å². The predicted molar refractivity (Wildman–Crippen MR) is 109 cm³/mol. The van der Waals surface area contributed by atoms with Crippen molar-refractivity contribution in [2.45, 2.75) is 19.1 Å². The van der Waals surface area contributed by atoms with Crippen LogP contribution in [-0.4, -0.2) is 10.9 Å². The minimum absolute atomic E-state index is 0.181. The first-order valence-corrected chi connectivity index (χ1v) is 9.72. The second-order valence-corrected chi connectivity index (χ2v) is 6.86. The molecule has 1 heterocycles. The fraction of sp³-hybridized carbons (Fsp3) is 0.143. The number of nitrogens with one attached hydrogen (secondary N) is 2. The van der Waals surface area contributed by atoms with Crippen LogP contribution in [-0.2, 0) is 12.2 Å². The molecular formula is C21H19F2N3OS. The van der Waals surface area contributed by atoms with Gasteiger partial charge in [-0.1, -0.05) is 31.2 Å². The van der Waals surface area contributed by atoms with Crippen molar-refractivity contribution in [3.63, 3.8) is 0 Å². The molecular weight excluding hydrogens is 380 g/mol. The SMILES string of the molecule is CCc1ccc(CSNc2cc(C(=O)Nc3ccc(F)c(F)c3)ccn2)cc1. The Morgan fingerprint density at radius 1 is 1.00 bits per heavy atom.